The molecule has 0 nitrogen and oxygen atoms in total. The molecule has 0 amide bonds. The normalized spacial score (nSPS) is 13.8. The summed E-state index contributed by atoms with van der Waals surface area (Å²) < 4.78 is 11.9. The smallest absolute Gasteiger partial charge is 0.0897 e. The van der Waals surface area contributed by atoms with Gasteiger partial charge < -0.3 is 0 Å². The van der Waals surface area contributed by atoms with E-state index in [-0.39, 0.29) is 6.67 Å². The van der Waals surface area contributed by atoms with Crippen LogP contribution in [0.2, 0.25) is 0 Å². The van der Waals surface area contributed by atoms with Crippen molar-refractivity contribution < 1.29 is 4.39 Å². The lowest BCUT2D eigenvalue weighted by atomic mass is 9.98. The lowest BCUT2D eigenvalue weighted by molar-refractivity contribution is 0.375. The minimum absolute atomic E-state index is 0.147. The fourth-order valence-electron chi connectivity index (χ4n) is 1.38. The Morgan fingerprint density at radius 3 is 2.00 bits per heavy atom. The lowest BCUT2D eigenvalue weighted by Crippen LogP contribution is -1.96. The summed E-state index contributed by atoms with van der Waals surface area (Å²) in [6.45, 7) is 6.51. The first kappa shape index (κ1) is 11.9. The molecule has 0 heterocycles. The predicted octanol–water partition coefficient (Wildman–Crippen LogP) is 4.20. The maximum absolute atomic E-state index is 11.9. The Balaban J connectivity index is 3.08. The average molecular weight is 174 g/mol. The van der Waals surface area contributed by atoms with Gasteiger partial charge in [0.1, 0.15) is 0 Å². The van der Waals surface area contributed by atoms with E-state index in [1.165, 1.54) is 25.7 Å². The molecule has 0 aliphatic carbocycles. The van der Waals surface area contributed by atoms with Gasteiger partial charge in [0.05, 0.1) is 6.67 Å². The summed E-state index contributed by atoms with van der Waals surface area (Å²) in [5.74, 6) is 1.41. The average Bonchev–Trinajstić information content (AvgIpc) is 1.98. The van der Waals surface area contributed by atoms with Gasteiger partial charge in [0.15, 0.2) is 0 Å². The third-order valence-electron chi connectivity index (χ3n) is 2.33. The third-order valence-corrected chi connectivity index (χ3v) is 2.33. The van der Waals surface area contributed by atoms with Gasteiger partial charge in [0.25, 0.3) is 0 Å². The monoisotopic (exact) mass is 174 g/mol. The van der Waals surface area contributed by atoms with E-state index < -0.39 is 0 Å². The summed E-state index contributed by atoms with van der Waals surface area (Å²) >= 11 is 0. The molecular formula is C11H23F. The van der Waals surface area contributed by atoms with Gasteiger partial charge in [-0.25, -0.2) is 0 Å². The number of halogens is 1. The van der Waals surface area contributed by atoms with Gasteiger partial charge in [-0.3, -0.25) is 4.39 Å². The third kappa shape index (κ3) is 8.03. The van der Waals surface area contributed by atoms with Crippen LogP contribution in [0.3, 0.4) is 0 Å². The SMILES string of the molecule is CC(C)CCCCC(C)CCF. The zero-order valence-corrected chi connectivity index (χ0v) is 8.78. The van der Waals surface area contributed by atoms with Crippen LogP contribution in [0.15, 0.2) is 0 Å². The molecule has 0 aromatic heterocycles. The molecule has 0 rings (SSSR count). The molecule has 0 aliphatic heterocycles. The highest BCUT2D eigenvalue weighted by Gasteiger charge is 2.01. The molecule has 0 saturated heterocycles. The minimum atomic E-state index is -0.147. The number of hydrogen-bond acceptors (Lipinski definition) is 0. The van der Waals surface area contributed by atoms with Crippen LogP contribution in [0.1, 0.15) is 52.9 Å². The van der Waals surface area contributed by atoms with Crippen molar-refractivity contribution in [3.63, 3.8) is 0 Å². The molecule has 1 atom stereocenters. The topological polar surface area (TPSA) is 0 Å². The number of unbranched alkanes of at least 4 members (excludes halogenated alkanes) is 1. The molecule has 74 valence electrons. The maximum atomic E-state index is 11.9. The van der Waals surface area contributed by atoms with Crippen molar-refractivity contribution in [3.8, 4) is 0 Å². The van der Waals surface area contributed by atoms with Crippen LogP contribution < -0.4 is 0 Å². The van der Waals surface area contributed by atoms with E-state index in [0.29, 0.717) is 5.92 Å². The van der Waals surface area contributed by atoms with E-state index in [4.69, 9.17) is 0 Å². The van der Waals surface area contributed by atoms with Crippen LogP contribution in [-0.4, -0.2) is 6.67 Å². The molecule has 1 heteroatoms. The first-order valence-electron chi connectivity index (χ1n) is 5.22. The van der Waals surface area contributed by atoms with E-state index in [0.717, 1.165) is 12.3 Å². The van der Waals surface area contributed by atoms with E-state index in [9.17, 15) is 4.39 Å². The second kappa shape index (κ2) is 7.57. The van der Waals surface area contributed by atoms with E-state index in [1.54, 1.807) is 0 Å². The van der Waals surface area contributed by atoms with Gasteiger partial charge in [-0.2, -0.15) is 0 Å². The van der Waals surface area contributed by atoms with Gasteiger partial charge in [0, 0.05) is 0 Å². The van der Waals surface area contributed by atoms with Crippen LogP contribution in [0.4, 0.5) is 4.39 Å². The summed E-state index contributed by atoms with van der Waals surface area (Å²) in [7, 11) is 0. The van der Waals surface area contributed by atoms with Crippen molar-refractivity contribution in [1.82, 2.24) is 0 Å². The van der Waals surface area contributed by atoms with E-state index >= 15 is 0 Å². The van der Waals surface area contributed by atoms with Gasteiger partial charge in [-0.15, -0.1) is 0 Å². The minimum Gasteiger partial charge on any atom is -0.251 e. The fourth-order valence-corrected chi connectivity index (χ4v) is 1.38. The molecule has 0 spiro atoms. The Bertz CT molecular complexity index is 89.0. The number of hydrogen-bond donors (Lipinski definition) is 0. The second-order valence-corrected chi connectivity index (χ2v) is 4.26. The van der Waals surface area contributed by atoms with Gasteiger partial charge in [0.2, 0.25) is 0 Å². The molecule has 0 N–H and O–H groups in total. The van der Waals surface area contributed by atoms with E-state index in [1.807, 2.05) is 0 Å². The van der Waals surface area contributed by atoms with Gasteiger partial charge in [-0.05, 0) is 18.3 Å². The molecule has 1 unspecified atom stereocenters. The van der Waals surface area contributed by atoms with Crippen molar-refractivity contribution in [2.24, 2.45) is 11.8 Å². The highest BCUT2D eigenvalue weighted by atomic mass is 19.1. The zero-order chi connectivity index (χ0) is 9.40. The second-order valence-electron chi connectivity index (χ2n) is 4.26. The van der Waals surface area contributed by atoms with Gasteiger partial charge >= 0.3 is 0 Å². The van der Waals surface area contributed by atoms with Crippen LogP contribution >= 0.6 is 0 Å². The molecule has 0 fully saturated rings. The standard InChI is InChI=1S/C11H23F/c1-10(2)6-4-5-7-11(3)8-9-12/h10-11H,4-9H2,1-3H3. The van der Waals surface area contributed by atoms with E-state index in [2.05, 4.69) is 20.8 Å². The molecule has 0 bridgehead atoms. The highest BCUT2D eigenvalue weighted by Crippen LogP contribution is 2.15. The maximum Gasteiger partial charge on any atom is 0.0897 e. The summed E-state index contributed by atoms with van der Waals surface area (Å²) in [6, 6.07) is 0. The Kier molecular flexibility index (Phi) is 7.53. The lowest BCUT2D eigenvalue weighted by Gasteiger charge is -2.09. The largest absolute Gasteiger partial charge is 0.251 e. The molecule has 0 aromatic carbocycles. The predicted molar refractivity (Wildman–Crippen MR) is 53.1 cm³/mol. The van der Waals surface area contributed by atoms with Crippen molar-refractivity contribution >= 4 is 0 Å². The fraction of sp³-hybridized carbons (Fsp3) is 1.00. The summed E-state index contributed by atoms with van der Waals surface area (Å²) in [4.78, 5) is 0. The van der Waals surface area contributed by atoms with Crippen LogP contribution in [0.25, 0.3) is 0 Å². The van der Waals surface area contributed by atoms with Crippen molar-refractivity contribution in [1.29, 1.82) is 0 Å². The van der Waals surface area contributed by atoms with Crippen LogP contribution in [0.5, 0.6) is 0 Å². The number of rotatable bonds is 7. The Morgan fingerprint density at radius 2 is 1.50 bits per heavy atom. The van der Waals surface area contributed by atoms with Gasteiger partial charge in [-0.1, -0.05) is 46.5 Å². The molecule has 0 aromatic rings. The van der Waals surface area contributed by atoms with Crippen molar-refractivity contribution in [2.75, 3.05) is 6.67 Å². The molecule has 0 saturated carbocycles. The number of alkyl halides is 1. The summed E-state index contributed by atoms with van der Waals surface area (Å²) in [5, 5.41) is 0. The summed E-state index contributed by atoms with van der Waals surface area (Å²) in [6.07, 6.45) is 5.87. The molecule has 12 heavy (non-hydrogen) atoms. The first-order valence-corrected chi connectivity index (χ1v) is 5.22. The quantitative estimate of drug-likeness (QED) is 0.507. The highest BCUT2D eigenvalue weighted by molar-refractivity contribution is 4.54. The Morgan fingerprint density at radius 1 is 0.917 bits per heavy atom. The Hall–Kier alpha value is -0.0700. The van der Waals surface area contributed by atoms with Crippen molar-refractivity contribution in [2.45, 2.75) is 52.9 Å². The summed E-state index contributed by atoms with van der Waals surface area (Å²) in [5.41, 5.74) is 0. The van der Waals surface area contributed by atoms with Crippen LogP contribution in [-0.2, 0) is 0 Å². The first-order chi connectivity index (χ1) is 5.66. The molecule has 0 radical (unpaired) electrons. The zero-order valence-electron chi connectivity index (χ0n) is 8.78. The van der Waals surface area contributed by atoms with Crippen molar-refractivity contribution in [3.05, 3.63) is 0 Å². The van der Waals surface area contributed by atoms with Crippen LogP contribution in [0, 0.1) is 11.8 Å². The molecule has 0 aliphatic rings. The Labute approximate surface area is 76.6 Å². The molecular weight excluding hydrogens is 151 g/mol.